The molecule has 0 amide bonds. The van der Waals surface area contributed by atoms with Crippen molar-refractivity contribution in [2.75, 3.05) is 16.8 Å². The molecule has 0 aliphatic rings. The van der Waals surface area contributed by atoms with Crippen LogP contribution < -0.4 is 0 Å². The molecule has 0 aliphatic heterocycles. The Balaban J connectivity index is 2.44. The topological polar surface area (TPSA) is 34.1 Å². The van der Waals surface area contributed by atoms with Gasteiger partial charge < -0.3 is 0 Å². The van der Waals surface area contributed by atoms with E-state index in [1.807, 2.05) is 0 Å². The van der Waals surface area contributed by atoms with Gasteiger partial charge in [0, 0.05) is 11.1 Å². The number of halogens is 2. The second-order valence-electron chi connectivity index (χ2n) is 4.73. The summed E-state index contributed by atoms with van der Waals surface area (Å²) < 4.78 is 35.6. The normalized spacial score (nSPS) is 13.4. The average molecular weight is 351 g/mol. The van der Waals surface area contributed by atoms with E-state index in [1.165, 1.54) is 12.1 Å². The standard InChI is InChI=1S/C14H20BrFO2S/c1-2-19(17,18)9-3-4-13(11-15)10-12-5-7-14(16)8-6-12/h5-8,13H,2-4,9-11H2,1H3. The molecule has 0 saturated carbocycles. The predicted octanol–water partition coefficient (Wildman–Crippen LogP) is 3.59. The molecule has 0 aromatic heterocycles. The highest BCUT2D eigenvalue weighted by Crippen LogP contribution is 2.17. The van der Waals surface area contributed by atoms with Gasteiger partial charge in [-0.15, -0.1) is 0 Å². The Labute approximate surface area is 123 Å². The molecule has 0 radical (unpaired) electrons. The maximum absolute atomic E-state index is 12.8. The molecule has 1 atom stereocenters. The molecule has 1 rings (SSSR count). The Kier molecular flexibility index (Phi) is 7.00. The molecule has 19 heavy (non-hydrogen) atoms. The first-order valence-electron chi connectivity index (χ1n) is 6.47. The minimum absolute atomic E-state index is 0.212. The molecule has 1 unspecified atom stereocenters. The monoisotopic (exact) mass is 350 g/mol. The van der Waals surface area contributed by atoms with Crippen molar-refractivity contribution in [3.05, 3.63) is 35.6 Å². The van der Waals surface area contributed by atoms with Gasteiger partial charge in [-0.1, -0.05) is 35.0 Å². The Morgan fingerprint density at radius 2 is 1.89 bits per heavy atom. The molecule has 0 N–H and O–H groups in total. The molecular formula is C14H20BrFO2S. The third kappa shape index (κ3) is 6.52. The summed E-state index contributed by atoms with van der Waals surface area (Å²) in [6.45, 7) is 1.68. The fraction of sp³-hybridized carbons (Fsp3) is 0.571. The van der Waals surface area contributed by atoms with Crippen LogP contribution in [0.3, 0.4) is 0 Å². The number of benzene rings is 1. The first kappa shape index (κ1) is 16.6. The number of hydrogen-bond acceptors (Lipinski definition) is 2. The van der Waals surface area contributed by atoms with Gasteiger partial charge in [-0.2, -0.15) is 0 Å². The van der Waals surface area contributed by atoms with Crippen molar-refractivity contribution >= 4 is 25.8 Å². The smallest absolute Gasteiger partial charge is 0.150 e. The van der Waals surface area contributed by atoms with Crippen LogP contribution in [0.25, 0.3) is 0 Å². The van der Waals surface area contributed by atoms with E-state index in [1.54, 1.807) is 19.1 Å². The molecule has 1 aromatic rings. The van der Waals surface area contributed by atoms with E-state index in [9.17, 15) is 12.8 Å². The van der Waals surface area contributed by atoms with Gasteiger partial charge in [0.1, 0.15) is 15.7 Å². The van der Waals surface area contributed by atoms with E-state index in [4.69, 9.17) is 0 Å². The quantitative estimate of drug-likeness (QED) is 0.671. The lowest BCUT2D eigenvalue weighted by Gasteiger charge is -2.14. The summed E-state index contributed by atoms with van der Waals surface area (Å²) >= 11 is 3.46. The van der Waals surface area contributed by atoms with Crippen molar-refractivity contribution in [2.24, 2.45) is 5.92 Å². The van der Waals surface area contributed by atoms with E-state index >= 15 is 0 Å². The number of alkyl halides is 1. The van der Waals surface area contributed by atoms with Crippen LogP contribution in [-0.4, -0.2) is 25.3 Å². The zero-order valence-corrected chi connectivity index (χ0v) is 13.5. The second kappa shape index (κ2) is 8.00. The summed E-state index contributed by atoms with van der Waals surface area (Å²) in [6, 6.07) is 6.49. The molecule has 0 saturated heterocycles. The molecule has 0 aliphatic carbocycles. The second-order valence-corrected chi connectivity index (χ2v) is 7.85. The van der Waals surface area contributed by atoms with Crippen LogP contribution in [0.4, 0.5) is 4.39 Å². The molecule has 0 fully saturated rings. The zero-order valence-electron chi connectivity index (χ0n) is 11.1. The number of hydrogen-bond donors (Lipinski definition) is 0. The van der Waals surface area contributed by atoms with Crippen LogP contribution in [0.5, 0.6) is 0 Å². The van der Waals surface area contributed by atoms with Crippen LogP contribution >= 0.6 is 15.9 Å². The highest BCUT2D eigenvalue weighted by molar-refractivity contribution is 9.09. The van der Waals surface area contributed by atoms with Crippen LogP contribution in [0.1, 0.15) is 25.3 Å². The van der Waals surface area contributed by atoms with E-state index in [2.05, 4.69) is 15.9 Å². The lowest BCUT2D eigenvalue weighted by molar-refractivity contribution is 0.528. The van der Waals surface area contributed by atoms with Gasteiger partial charge in [0.25, 0.3) is 0 Å². The van der Waals surface area contributed by atoms with E-state index in [-0.39, 0.29) is 17.3 Å². The first-order chi connectivity index (χ1) is 8.96. The van der Waals surface area contributed by atoms with Crippen LogP contribution in [0.2, 0.25) is 0 Å². The maximum Gasteiger partial charge on any atom is 0.150 e. The van der Waals surface area contributed by atoms with Gasteiger partial charge in [-0.25, -0.2) is 12.8 Å². The van der Waals surface area contributed by atoms with Gasteiger partial charge in [0.15, 0.2) is 0 Å². The lowest BCUT2D eigenvalue weighted by Crippen LogP contribution is -2.12. The molecule has 0 spiro atoms. The summed E-state index contributed by atoms with van der Waals surface area (Å²) in [4.78, 5) is 0. The lowest BCUT2D eigenvalue weighted by atomic mass is 9.97. The summed E-state index contributed by atoms with van der Waals surface area (Å²) in [5.74, 6) is 0.631. The zero-order chi connectivity index (χ0) is 14.3. The van der Waals surface area contributed by atoms with Gasteiger partial charge >= 0.3 is 0 Å². The molecule has 5 heteroatoms. The third-order valence-corrected chi connectivity index (χ3v) is 5.87. The van der Waals surface area contributed by atoms with Crippen molar-refractivity contribution in [1.82, 2.24) is 0 Å². The Morgan fingerprint density at radius 1 is 1.26 bits per heavy atom. The Bertz CT molecular complexity index is 471. The third-order valence-electron chi connectivity index (χ3n) is 3.16. The molecule has 0 bridgehead atoms. The molecule has 1 aromatic carbocycles. The van der Waals surface area contributed by atoms with Gasteiger partial charge in [0.05, 0.1) is 5.75 Å². The Morgan fingerprint density at radius 3 is 2.42 bits per heavy atom. The highest BCUT2D eigenvalue weighted by atomic mass is 79.9. The number of rotatable bonds is 8. The molecule has 108 valence electrons. The Hall–Kier alpha value is -0.420. The summed E-state index contributed by atoms with van der Waals surface area (Å²) in [6.07, 6.45) is 2.40. The summed E-state index contributed by atoms with van der Waals surface area (Å²) in [5.41, 5.74) is 1.09. The van der Waals surface area contributed by atoms with E-state index in [0.717, 1.165) is 23.7 Å². The van der Waals surface area contributed by atoms with Crippen LogP contribution in [-0.2, 0) is 16.3 Å². The minimum atomic E-state index is -2.87. The first-order valence-corrected chi connectivity index (χ1v) is 9.42. The van der Waals surface area contributed by atoms with Crippen molar-refractivity contribution < 1.29 is 12.8 Å². The maximum atomic E-state index is 12.8. The SMILES string of the molecule is CCS(=O)(=O)CCCC(CBr)Cc1ccc(F)cc1. The fourth-order valence-corrected chi connectivity index (χ4v) is 3.37. The molecular weight excluding hydrogens is 331 g/mol. The van der Waals surface area contributed by atoms with Crippen LogP contribution in [0, 0.1) is 11.7 Å². The molecule has 2 nitrogen and oxygen atoms in total. The number of sulfone groups is 1. The largest absolute Gasteiger partial charge is 0.229 e. The highest BCUT2D eigenvalue weighted by Gasteiger charge is 2.12. The van der Waals surface area contributed by atoms with Crippen molar-refractivity contribution in [3.8, 4) is 0 Å². The van der Waals surface area contributed by atoms with Crippen molar-refractivity contribution in [2.45, 2.75) is 26.2 Å². The van der Waals surface area contributed by atoms with Crippen LogP contribution in [0.15, 0.2) is 24.3 Å². The van der Waals surface area contributed by atoms with Gasteiger partial charge in [0.2, 0.25) is 0 Å². The van der Waals surface area contributed by atoms with E-state index < -0.39 is 9.84 Å². The van der Waals surface area contributed by atoms with Gasteiger partial charge in [-0.3, -0.25) is 0 Å². The van der Waals surface area contributed by atoms with Crippen molar-refractivity contribution in [3.63, 3.8) is 0 Å². The minimum Gasteiger partial charge on any atom is -0.229 e. The van der Waals surface area contributed by atoms with Crippen molar-refractivity contribution in [1.29, 1.82) is 0 Å². The summed E-state index contributed by atoms with van der Waals surface area (Å²) in [7, 11) is -2.87. The average Bonchev–Trinajstić information content (AvgIpc) is 2.40. The van der Waals surface area contributed by atoms with E-state index in [0.29, 0.717) is 12.3 Å². The summed E-state index contributed by atoms with van der Waals surface area (Å²) in [5, 5.41) is 0.830. The molecule has 0 heterocycles. The predicted molar refractivity (Wildman–Crippen MR) is 80.9 cm³/mol. The van der Waals surface area contributed by atoms with Gasteiger partial charge in [-0.05, 0) is 42.9 Å². The fourth-order valence-electron chi connectivity index (χ4n) is 1.92.